The number of aryl methyl sites for hydroxylation is 1. The number of hydrogen-bond donors (Lipinski definition) is 2. The highest BCUT2D eigenvalue weighted by molar-refractivity contribution is 5.94. The van der Waals surface area contributed by atoms with E-state index in [2.05, 4.69) is 37.4 Å². The lowest BCUT2D eigenvalue weighted by molar-refractivity contribution is -0.117. The Morgan fingerprint density at radius 3 is 3.08 bits per heavy atom. The molecule has 1 amide bonds. The van der Waals surface area contributed by atoms with Crippen molar-refractivity contribution < 1.29 is 4.79 Å². The summed E-state index contributed by atoms with van der Waals surface area (Å²) in [6.07, 6.45) is 7.84. The molecule has 0 radical (unpaired) electrons. The van der Waals surface area contributed by atoms with E-state index in [1.807, 2.05) is 13.1 Å². The van der Waals surface area contributed by atoms with Gasteiger partial charge >= 0.3 is 0 Å². The molecule has 0 saturated carbocycles. The average Bonchev–Trinajstić information content (AvgIpc) is 3.20. The molecule has 0 fully saturated rings. The van der Waals surface area contributed by atoms with Crippen LogP contribution in [-0.4, -0.2) is 43.0 Å². The van der Waals surface area contributed by atoms with E-state index in [1.54, 1.807) is 10.9 Å². The van der Waals surface area contributed by atoms with E-state index in [0.717, 1.165) is 37.6 Å². The number of anilines is 1. The lowest BCUT2D eigenvalue weighted by Crippen LogP contribution is -2.38. The zero-order valence-corrected chi connectivity index (χ0v) is 14.3. The SMILES string of the molecule is CCCNC(C)C(=O)Nc1cnn(Cc2nnc3n2CCCC3)c1. The van der Waals surface area contributed by atoms with E-state index >= 15 is 0 Å². The van der Waals surface area contributed by atoms with Gasteiger partial charge in [0.15, 0.2) is 5.82 Å². The molecule has 1 aliphatic rings. The largest absolute Gasteiger partial charge is 0.322 e. The second-order valence-electron chi connectivity index (χ2n) is 6.23. The number of fused-ring (bicyclic) bond motifs is 1. The van der Waals surface area contributed by atoms with Crippen molar-refractivity contribution in [2.45, 2.75) is 58.7 Å². The molecule has 2 N–H and O–H groups in total. The summed E-state index contributed by atoms with van der Waals surface area (Å²) in [4.78, 5) is 12.1. The van der Waals surface area contributed by atoms with E-state index in [4.69, 9.17) is 0 Å². The lowest BCUT2D eigenvalue weighted by Gasteiger charge is -2.14. The Morgan fingerprint density at radius 2 is 2.25 bits per heavy atom. The van der Waals surface area contributed by atoms with Crippen molar-refractivity contribution in [3.05, 3.63) is 24.0 Å². The highest BCUT2D eigenvalue weighted by Gasteiger charge is 2.17. The number of nitrogens with zero attached hydrogens (tertiary/aromatic N) is 5. The van der Waals surface area contributed by atoms with Crippen molar-refractivity contribution in [1.29, 1.82) is 0 Å². The molecule has 1 atom stereocenters. The van der Waals surface area contributed by atoms with E-state index in [0.29, 0.717) is 12.2 Å². The number of carbonyl (C=O) groups excluding carboxylic acids is 1. The monoisotopic (exact) mass is 331 g/mol. The number of carbonyl (C=O) groups is 1. The van der Waals surface area contributed by atoms with Gasteiger partial charge in [-0.05, 0) is 32.7 Å². The summed E-state index contributed by atoms with van der Waals surface area (Å²) in [5.74, 6) is 1.93. The summed E-state index contributed by atoms with van der Waals surface area (Å²) in [6.45, 7) is 6.30. The van der Waals surface area contributed by atoms with Crippen LogP contribution < -0.4 is 10.6 Å². The predicted octanol–water partition coefficient (Wildman–Crippen LogP) is 1.19. The Labute approximate surface area is 141 Å². The number of rotatable bonds is 7. The quantitative estimate of drug-likeness (QED) is 0.795. The summed E-state index contributed by atoms with van der Waals surface area (Å²) >= 11 is 0. The predicted molar refractivity (Wildman–Crippen MR) is 90.7 cm³/mol. The summed E-state index contributed by atoms with van der Waals surface area (Å²) in [5.41, 5.74) is 0.698. The molecule has 3 heterocycles. The Hall–Kier alpha value is -2.22. The number of amides is 1. The molecule has 0 bridgehead atoms. The second-order valence-corrected chi connectivity index (χ2v) is 6.23. The fraction of sp³-hybridized carbons (Fsp3) is 0.625. The molecule has 0 saturated heterocycles. The third-order valence-corrected chi connectivity index (χ3v) is 4.23. The van der Waals surface area contributed by atoms with Crippen LogP contribution in [0.4, 0.5) is 5.69 Å². The topological polar surface area (TPSA) is 89.7 Å². The van der Waals surface area contributed by atoms with Crippen molar-refractivity contribution in [3.8, 4) is 0 Å². The van der Waals surface area contributed by atoms with Gasteiger partial charge in [-0.15, -0.1) is 10.2 Å². The van der Waals surface area contributed by atoms with Crippen LogP contribution >= 0.6 is 0 Å². The van der Waals surface area contributed by atoms with Crippen molar-refractivity contribution in [2.24, 2.45) is 0 Å². The van der Waals surface area contributed by atoms with Crippen molar-refractivity contribution in [3.63, 3.8) is 0 Å². The molecule has 2 aromatic heterocycles. The highest BCUT2D eigenvalue weighted by Crippen LogP contribution is 2.15. The third kappa shape index (κ3) is 3.81. The molecule has 1 unspecified atom stereocenters. The fourth-order valence-corrected chi connectivity index (χ4v) is 2.85. The number of aromatic nitrogens is 5. The maximum Gasteiger partial charge on any atom is 0.241 e. The normalized spacial score (nSPS) is 15.1. The molecule has 0 aromatic carbocycles. The van der Waals surface area contributed by atoms with Crippen LogP contribution in [0.3, 0.4) is 0 Å². The molecule has 8 nitrogen and oxygen atoms in total. The minimum absolute atomic E-state index is 0.0529. The van der Waals surface area contributed by atoms with Gasteiger partial charge in [-0.1, -0.05) is 6.92 Å². The number of hydrogen-bond acceptors (Lipinski definition) is 5. The highest BCUT2D eigenvalue weighted by atomic mass is 16.2. The van der Waals surface area contributed by atoms with E-state index < -0.39 is 0 Å². The van der Waals surface area contributed by atoms with Crippen LogP contribution in [0.1, 0.15) is 44.8 Å². The van der Waals surface area contributed by atoms with Gasteiger partial charge in [0.2, 0.25) is 5.91 Å². The zero-order valence-electron chi connectivity index (χ0n) is 14.3. The second kappa shape index (κ2) is 7.57. The van der Waals surface area contributed by atoms with Gasteiger partial charge in [0, 0.05) is 19.2 Å². The maximum atomic E-state index is 12.1. The van der Waals surface area contributed by atoms with Crippen LogP contribution in [0.5, 0.6) is 0 Å². The van der Waals surface area contributed by atoms with E-state index in [-0.39, 0.29) is 11.9 Å². The first kappa shape index (κ1) is 16.6. The summed E-state index contributed by atoms with van der Waals surface area (Å²) in [5, 5.41) is 18.9. The van der Waals surface area contributed by atoms with E-state index in [1.165, 1.54) is 12.8 Å². The first-order valence-electron chi connectivity index (χ1n) is 8.65. The van der Waals surface area contributed by atoms with Gasteiger partial charge in [-0.25, -0.2) is 0 Å². The Balaban J connectivity index is 1.59. The Bertz CT molecular complexity index is 690. The van der Waals surface area contributed by atoms with Crippen LogP contribution in [0.25, 0.3) is 0 Å². The van der Waals surface area contributed by atoms with Crippen LogP contribution in [0.2, 0.25) is 0 Å². The maximum absolute atomic E-state index is 12.1. The molecule has 1 aliphatic heterocycles. The molecule has 2 aromatic rings. The molecule has 0 spiro atoms. The van der Waals surface area contributed by atoms with Gasteiger partial charge in [0.05, 0.1) is 17.9 Å². The molecule has 3 rings (SSSR count). The molecular formula is C16H25N7O. The summed E-state index contributed by atoms with van der Waals surface area (Å²) in [6, 6.07) is -0.225. The van der Waals surface area contributed by atoms with E-state index in [9.17, 15) is 4.79 Å². The van der Waals surface area contributed by atoms with Gasteiger partial charge in [0.1, 0.15) is 12.4 Å². The minimum atomic E-state index is -0.225. The van der Waals surface area contributed by atoms with Crippen molar-refractivity contribution in [2.75, 3.05) is 11.9 Å². The standard InChI is InChI=1S/C16H25N7O/c1-3-7-17-12(2)16(24)19-13-9-18-22(10-13)11-15-21-20-14-6-4-5-8-23(14)15/h9-10,12,17H,3-8,11H2,1-2H3,(H,19,24). The van der Waals surface area contributed by atoms with Gasteiger partial charge < -0.3 is 15.2 Å². The van der Waals surface area contributed by atoms with Crippen molar-refractivity contribution >= 4 is 11.6 Å². The van der Waals surface area contributed by atoms with Crippen molar-refractivity contribution in [1.82, 2.24) is 29.9 Å². The minimum Gasteiger partial charge on any atom is -0.322 e. The number of nitrogens with one attached hydrogen (secondary N) is 2. The molecule has 8 heteroatoms. The smallest absolute Gasteiger partial charge is 0.241 e. The van der Waals surface area contributed by atoms with Crippen LogP contribution in [0.15, 0.2) is 12.4 Å². The van der Waals surface area contributed by atoms with Gasteiger partial charge in [-0.2, -0.15) is 5.10 Å². The van der Waals surface area contributed by atoms with Crippen LogP contribution in [-0.2, 0) is 24.3 Å². The first-order valence-corrected chi connectivity index (χ1v) is 8.65. The fourth-order valence-electron chi connectivity index (χ4n) is 2.85. The van der Waals surface area contributed by atoms with Gasteiger partial charge in [-0.3, -0.25) is 9.48 Å². The Morgan fingerprint density at radius 1 is 1.38 bits per heavy atom. The summed E-state index contributed by atoms with van der Waals surface area (Å²) in [7, 11) is 0. The molecule has 24 heavy (non-hydrogen) atoms. The summed E-state index contributed by atoms with van der Waals surface area (Å²) < 4.78 is 3.96. The average molecular weight is 331 g/mol. The Kier molecular flexibility index (Phi) is 5.24. The molecule has 130 valence electrons. The third-order valence-electron chi connectivity index (χ3n) is 4.23. The zero-order chi connectivity index (χ0) is 16.9. The molecule has 0 aliphatic carbocycles. The first-order chi connectivity index (χ1) is 11.7. The molecular weight excluding hydrogens is 306 g/mol. The lowest BCUT2D eigenvalue weighted by atomic mass is 10.2. The van der Waals surface area contributed by atoms with Crippen LogP contribution in [0, 0.1) is 0 Å². The van der Waals surface area contributed by atoms with Gasteiger partial charge in [0.25, 0.3) is 0 Å².